The summed E-state index contributed by atoms with van der Waals surface area (Å²) in [6, 6.07) is 4.67. The van der Waals surface area contributed by atoms with Gasteiger partial charge in [0.05, 0.1) is 13.5 Å². The molecule has 0 aliphatic carbocycles. The molecule has 0 aromatic heterocycles. The van der Waals surface area contributed by atoms with Crippen LogP contribution in [0.3, 0.4) is 0 Å². The predicted molar refractivity (Wildman–Crippen MR) is 75.6 cm³/mol. The van der Waals surface area contributed by atoms with Crippen molar-refractivity contribution in [2.45, 2.75) is 25.6 Å². The topological polar surface area (TPSA) is 24.5 Å². The number of hydrogen-bond donors (Lipinski definition) is 1. The van der Waals surface area contributed by atoms with E-state index in [1.807, 2.05) is 17.9 Å². The molecule has 1 aromatic carbocycles. The average molecular weight is 302 g/mol. The molecule has 1 N–H and O–H groups in total. The minimum Gasteiger partial charge on any atom is -0.496 e. The summed E-state index contributed by atoms with van der Waals surface area (Å²) in [5, 5.41) is 3.17. The van der Waals surface area contributed by atoms with Crippen molar-refractivity contribution >= 4 is 0 Å². The van der Waals surface area contributed by atoms with E-state index in [0.29, 0.717) is 24.4 Å². The summed E-state index contributed by atoms with van der Waals surface area (Å²) in [6.45, 7) is 4.56. The minimum atomic E-state index is -4.19. The Hall–Kier alpha value is -1.27. The van der Waals surface area contributed by atoms with Gasteiger partial charge in [0.2, 0.25) is 0 Å². The van der Waals surface area contributed by atoms with Crippen molar-refractivity contribution in [2.75, 3.05) is 33.3 Å². The van der Waals surface area contributed by atoms with E-state index >= 15 is 0 Å². The van der Waals surface area contributed by atoms with Crippen LogP contribution in [0.2, 0.25) is 0 Å². The maximum atomic E-state index is 12.9. The highest BCUT2D eigenvalue weighted by Crippen LogP contribution is 2.35. The van der Waals surface area contributed by atoms with Crippen LogP contribution in [0.15, 0.2) is 18.2 Å². The van der Waals surface area contributed by atoms with Crippen LogP contribution in [-0.4, -0.2) is 44.4 Å². The minimum absolute atomic E-state index is 0.622. The number of alkyl halides is 3. The van der Waals surface area contributed by atoms with Crippen LogP contribution in [0.25, 0.3) is 0 Å². The van der Waals surface area contributed by atoms with Crippen molar-refractivity contribution < 1.29 is 17.9 Å². The fraction of sp³-hybridized carbons (Fsp3) is 0.600. The molecule has 0 spiro atoms. The molecule has 0 amide bonds. The van der Waals surface area contributed by atoms with E-state index in [1.165, 1.54) is 7.11 Å². The third-order valence-electron chi connectivity index (χ3n) is 3.83. The molecule has 0 radical (unpaired) electrons. The van der Waals surface area contributed by atoms with Crippen LogP contribution in [0, 0.1) is 6.92 Å². The SMILES string of the molecule is COc1cc([C@@H](CC(F)(F)F)N2CCNCC2)ccc1C. The van der Waals surface area contributed by atoms with Crippen LogP contribution < -0.4 is 10.1 Å². The lowest BCUT2D eigenvalue weighted by atomic mass is 9.99. The van der Waals surface area contributed by atoms with Gasteiger partial charge in [0.15, 0.2) is 0 Å². The van der Waals surface area contributed by atoms with Crippen LogP contribution in [0.5, 0.6) is 5.75 Å². The summed E-state index contributed by atoms with van der Waals surface area (Å²) >= 11 is 0. The Labute approximate surface area is 123 Å². The second-order valence-electron chi connectivity index (χ2n) is 5.35. The molecule has 2 rings (SSSR count). The summed E-state index contributed by atoms with van der Waals surface area (Å²) < 4.78 is 44.0. The monoisotopic (exact) mass is 302 g/mol. The van der Waals surface area contributed by atoms with E-state index in [1.54, 1.807) is 12.1 Å². The lowest BCUT2D eigenvalue weighted by Gasteiger charge is -2.35. The average Bonchev–Trinajstić information content (AvgIpc) is 2.45. The van der Waals surface area contributed by atoms with E-state index in [0.717, 1.165) is 18.7 Å². The molecule has 1 aromatic rings. The maximum Gasteiger partial charge on any atom is 0.390 e. The molecular formula is C15H21F3N2O. The first kappa shape index (κ1) is 16.1. The fourth-order valence-corrected chi connectivity index (χ4v) is 2.71. The van der Waals surface area contributed by atoms with Gasteiger partial charge in [-0.1, -0.05) is 12.1 Å². The molecule has 1 atom stereocenters. The van der Waals surface area contributed by atoms with Gasteiger partial charge in [-0.2, -0.15) is 13.2 Å². The number of nitrogens with zero attached hydrogens (tertiary/aromatic N) is 1. The molecule has 0 saturated carbocycles. The van der Waals surface area contributed by atoms with E-state index in [9.17, 15) is 13.2 Å². The first-order valence-electron chi connectivity index (χ1n) is 7.07. The maximum absolute atomic E-state index is 12.9. The molecule has 0 unspecified atom stereocenters. The molecule has 21 heavy (non-hydrogen) atoms. The Morgan fingerprint density at radius 1 is 1.29 bits per heavy atom. The third-order valence-corrected chi connectivity index (χ3v) is 3.83. The quantitative estimate of drug-likeness (QED) is 0.925. The first-order valence-corrected chi connectivity index (χ1v) is 7.07. The standard InChI is InChI=1S/C15H21F3N2O/c1-11-3-4-12(9-14(11)21-2)13(10-15(16,17)18)20-7-5-19-6-8-20/h3-4,9,13,19H,5-8,10H2,1-2H3/t13-/m1/s1. The van der Waals surface area contributed by atoms with Crippen LogP contribution in [0.1, 0.15) is 23.6 Å². The number of nitrogens with one attached hydrogen (secondary N) is 1. The van der Waals surface area contributed by atoms with Crippen molar-refractivity contribution in [3.05, 3.63) is 29.3 Å². The molecule has 0 bridgehead atoms. The second kappa shape index (κ2) is 6.66. The van der Waals surface area contributed by atoms with Crippen LogP contribution >= 0.6 is 0 Å². The molecular weight excluding hydrogens is 281 g/mol. The van der Waals surface area contributed by atoms with Gasteiger partial charge >= 0.3 is 6.18 Å². The van der Waals surface area contributed by atoms with Gasteiger partial charge in [-0.25, -0.2) is 0 Å². The predicted octanol–water partition coefficient (Wildman–Crippen LogP) is 2.90. The van der Waals surface area contributed by atoms with Crippen molar-refractivity contribution in [3.63, 3.8) is 0 Å². The van der Waals surface area contributed by atoms with E-state index < -0.39 is 18.6 Å². The Balaban J connectivity index is 2.29. The van der Waals surface area contributed by atoms with Gasteiger partial charge in [-0.15, -0.1) is 0 Å². The summed E-state index contributed by atoms with van der Waals surface area (Å²) in [6.07, 6.45) is -5.02. The zero-order chi connectivity index (χ0) is 15.5. The van der Waals surface area contributed by atoms with Crippen molar-refractivity contribution in [1.29, 1.82) is 0 Å². The zero-order valence-electron chi connectivity index (χ0n) is 12.3. The van der Waals surface area contributed by atoms with Gasteiger partial charge in [0.1, 0.15) is 5.75 Å². The summed E-state index contributed by atoms with van der Waals surface area (Å²) in [7, 11) is 1.54. The van der Waals surface area contributed by atoms with Gasteiger partial charge in [0, 0.05) is 32.2 Å². The highest BCUT2D eigenvalue weighted by molar-refractivity contribution is 5.38. The Bertz CT molecular complexity index is 470. The third kappa shape index (κ3) is 4.35. The van der Waals surface area contributed by atoms with E-state index in [-0.39, 0.29) is 0 Å². The zero-order valence-corrected chi connectivity index (χ0v) is 12.3. The number of aryl methyl sites for hydroxylation is 1. The molecule has 1 aliphatic rings. The highest BCUT2D eigenvalue weighted by atomic mass is 19.4. The van der Waals surface area contributed by atoms with Crippen molar-refractivity contribution in [1.82, 2.24) is 10.2 Å². The molecule has 1 heterocycles. The van der Waals surface area contributed by atoms with E-state index in [2.05, 4.69) is 5.32 Å². The molecule has 6 heteroatoms. The van der Waals surface area contributed by atoms with Crippen LogP contribution in [0.4, 0.5) is 13.2 Å². The van der Waals surface area contributed by atoms with Crippen LogP contribution in [-0.2, 0) is 0 Å². The first-order chi connectivity index (χ1) is 9.90. The number of benzene rings is 1. The number of ether oxygens (including phenoxy) is 1. The normalized spacial score (nSPS) is 18.5. The Kier molecular flexibility index (Phi) is 5.11. The number of piperazine rings is 1. The number of methoxy groups -OCH3 is 1. The van der Waals surface area contributed by atoms with Gasteiger partial charge < -0.3 is 10.1 Å². The molecule has 118 valence electrons. The smallest absolute Gasteiger partial charge is 0.390 e. The number of hydrogen-bond acceptors (Lipinski definition) is 3. The molecule has 1 fully saturated rings. The summed E-state index contributed by atoms with van der Waals surface area (Å²) in [5.41, 5.74) is 1.59. The molecule has 1 aliphatic heterocycles. The Morgan fingerprint density at radius 3 is 2.52 bits per heavy atom. The van der Waals surface area contributed by atoms with Gasteiger partial charge in [0.25, 0.3) is 0 Å². The number of halogens is 3. The Morgan fingerprint density at radius 2 is 1.95 bits per heavy atom. The summed E-state index contributed by atoms with van der Waals surface area (Å²) in [4.78, 5) is 1.90. The van der Waals surface area contributed by atoms with Crippen molar-refractivity contribution in [2.24, 2.45) is 0 Å². The van der Waals surface area contributed by atoms with Gasteiger partial charge in [-0.3, -0.25) is 4.90 Å². The van der Waals surface area contributed by atoms with Crippen molar-refractivity contribution in [3.8, 4) is 5.75 Å². The lowest BCUT2D eigenvalue weighted by Crippen LogP contribution is -2.46. The van der Waals surface area contributed by atoms with E-state index in [4.69, 9.17) is 4.74 Å². The molecule has 3 nitrogen and oxygen atoms in total. The second-order valence-corrected chi connectivity index (χ2v) is 5.35. The largest absolute Gasteiger partial charge is 0.496 e. The molecule has 1 saturated heterocycles. The fourth-order valence-electron chi connectivity index (χ4n) is 2.71. The summed E-state index contributed by atoms with van der Waals surface area (Å²) in [5.74, 6) is 0.634. The van der Waals surface area contributed by atoms with Gasteiger partial charge in [-0.05, 0) is 24.1 Å². The number of rotatable bonds is 4. The lowest BCUT2D eigenvalue weighted by molar-refractivity contribution is -0.148. The highest BCUT2D eigenvalue weighted by Gasteiger charge is 2.36.